The minimum atomic E-state index is -0.781. The van der Waals surface area contributed by atoms with E-state index in [4.69, 9.17) is 12.2 Å². The molecule has 0 aromatic heterocycles. The van der Waals surface area contributed by atoms with Crippen LogP contribution in [0.15, 0.2) is 18.2 Å². The molecule has 0 aliphatic rings. The van der Waals surface area contributed by atoms with Crippen LogP contribution in [-0.2, 0) is 11.2 Å². The molecule has 1 aromatic carbocycles. The quantitative estimate of drug-likeness (QED) is 0.469. The number of carbonyl (C=O) groups excluding carboxylic acids is 1. The third-order valence-corrected chi connectivity index (χ3v) is 2.63. The van der Waals surface area contributed by atoms with Crippen molar-refractivity contribution in [2.45, 2.75) is 31.8 Å². The molecule has 0 bridgehead atoms. The van der Waals surface area contributed by atoms with Gasteiger partial charge in [-0.3, -0.25) is 4.79 Å². The highest BCUT2D eigenvalue weighted by Crippen LogP contribution is 2.25. The van der Waals surface area contributed by atoms with Crippen LogP contribution in [0.4, 0.5) is 0 Å². The molecule has 0 radical (unpaired) electrons. The van der Waals surface area contributed by atoms with Gasteiger partial charge in [0.1, 0.15) is 0 Å². The van der Waals surface area contributed by atoms with Crippen molar-refractivity contribution in [2.24, 2.45) is 5.73 Å². The van der Waals surface area contributed by atoms with Gasteiger partial charge in [-0.25, -0.2) is 0 Å². The molecule has 0 unspecified atom stereocenters. The van der Waals surface area contributed by atoms with Gasteiger partial charge in [-0.1, -0.05) is 12.0 Å². The van der Waals surface area contributed by atoms with E-state index < -0.39 is 11.6 Å². The van der Waals surface area contributed by atoms with Crippen LogP contribution < -0.4 is 11.1 Å². The van der Waals surface area contributed by atoms with Gasteiger partial charge in [0.2, 0.25) is 5.91 Å². The number of terminal acetylenes is 1. The second-order valence-electron chi connectivity index (χ2n) is 4.89. The number of phenolic OH excluding ortho intramolecular Hbond substituents is 2. The second-order valence-corrected chi connectivity index (χ2v) is 4.89. The summed E-state index contributed by atoms with van der Waals surface area (Å²) in [5.41, 5.74) is 5.67. The van der Waals surface area contributed by atoms with E-state index in [1.54, 1.807) is 19.9 Å². The number of aromatic hydroxyl groups is 2. The third kappa shape index (κ3) is 4.19. The predicted molar refractivity (Wildman–Crippen MR) is 72.5 cm³/mol. The number of nitrogens with one attached hydrogen (secondary N) is 1. The molecule has 5 N–H and O–H groups in total. The van der Waals surface area contributed by atoms with Crippen molar-refractivity contribution >= 4 is 5.91 Å². The summed E-state index contributed by atoms with van der Waals surface area (Å²) in [4.78, 5) is 11.8. The Kier molecular flexibility index (Phi) is 4.41. The van der Waals surface area contributed by atoms with Crippen molar-refractivity contribution in [3.05, 3.63) is 23.8 Å². The summed E-state index contributed by atoms with van der Waals surface area (Å²) in [6.07, 6.45) is 5.51. The Morgan fingerprint density at radius 2 is 2.11 bits per heavy atom. The highest BCUT2D eigenvalue weighted by atomic mass is 16.3. The maximum Gasteiger partial charge on any atom is 0.238 e. The van der Waals surface area contributed by atoms with Crippen LogP contribution in [0.3, 0.4) is 0 Å². The second kappa shape index (κ2) is 5.63. The van der Waals surface area contributed by atoms with Crippen molar-refractivity contribution in [2.75, 3.05) is 0 Å². The lowest BCUT2D eigenvalue weighted by Crippen LogP contribution is -2.50. The molecule has 102 valence electrons. The number of nitrogens with two attached hydrogens (primary N) is 1. The van der Waals surface area contributed by atoms with Crippen molar-refractivity contribution in [3.8, 4) is 23.8 Å². The van der Waals surface area contributed by atoms with E-state index in [1.807, 2.05) is 0 Å². The molecular formula is C14H18N2O3. The average Bonchev–Trinajstić information content (AvgIpc) is 2.33. The number of phenols is 2. The molecule has 0 aliphatic heterocycles. The molecule has 1 atom stereocenters. The van der Waals surface area contributed by atoms with Crippen molar-refractivity contribution < 1.29 is 15.0 Å². The number of benzene rings is 1. The molecule has 1 amide bonds. The smallest absolute Gasteiger partial charge is 0.238 e. The molecule has 0 aliphatic carbocycles. The predicted octanol–water partition coefficient (Wildman–Crippen LogP) is 0.496. The summed E-state index contributed by atoms with van der Waals surface area (Å²) < 4.78 is 0. The Hall–Kier alpha value is -2.19. The Labute approximate surface area is 112 Å². The van der Waals surface area contributed by atoms with Crippen LogP contribution in [0.25, 0.3) is 0 Å². The molecule has 1 aromatic rings. The molecule has 19 heavy (non-hydrogen) atoms. The van der Waals surface area contributed by atoms with Crippen molar-refractivity contribution in [1.29, 1.82) is 0 Å². The maximum atomic E-state index is 11.8. The topological polar surface area (TPSA) is 95.6 Å². The SMILES string of the molecule is C#CC(C)(C)NC(=O)[C@@H](N)Cc1ccc(O)c(O)c1. The third-order valence-electron chi connectivity index (χ3n) is 2.63. The number of hydrogen-bond donors (Lipinski definition) is 4. The summed E-state index contributed by atoms with van der Waals surface area (Å²) in [6, 6.07) is 3.53. The van der Waals surface area contributed by atoms with Gasteiger partial charge >= 0.3 is 0 Å². The maximum absolute atomic E-state index is 11.8. The van der Waals surface area contributed by atoms with Gasteiger partial charge in [-0.05, 0) is 38.0 Å². The zero-order valence-electron chi connectivity index (χ0n) is 11.0. The summed E-state index contributed by atoms with van der Waals surface area (Å²) in [5, 5.41) is 21.2. The van der Waals surface area contributed by atoms with Gasteiger partial charge in [0.05, 0.1) is 11.6 Å². The van der Waals surface area contributed by atoms with Crippen molar-refractivity contribution in [3.63, 3.8) is 0 Å². The van der Waals surface area contributed by atoms with Gasteiger partial charge < -0.3 is 21.3 Å². The van der Waals surface area contributed by atoms with Gasteiger partial charge in [0.25, 0.3) is 0 Å². The van der Waals surface area contributed by atoms with E-state index in [2.05, 4.69) is 11.2 Å². The van der Waals surface area contributed by atoms with Crippen LogP contribution in [0.5, 0.6) is 11.5 Å². The zero-order valence-corrected chi connectivity index (χ0v) is 11.0. The number of rotatable bonds is 4. The fourth-order valence-electron chi connectivity index (χ4n) is 1.48. The van der Waals surface area contributed by atoms with E-state index in [9.17, 15) is 15.0 Å². The average molecular weight is 262 g/mol. The highest BCUT2D eigenvalue weighted by molar-refractivity contribution is 5.83. The largest absolute Gasteiger partial charge is 0.504 e. The summed E-state index contributed by atoms with van der Waals surface area (Å²) in [7, 11) is 0. The molecule has 0 spiro atoms. The molecule has 0 saturated heterocycles. The van der Waals surface area contributed by atoms with Gasteiger partial charge in [-0.15, -0.1) is 6.42 Å². The Balaban J connectivity index is 2.69. The van der Waals surface area contributed by atoms with Crippen molar-refractivity contribution in [1.82, 2.24) is 5.32 Å². The summed E-state index contributed by atoms with van der Waals surface area (Å²) >= 11 is 0. The normalized spacial score (nSPS) is 12.5. The lowest BCUT2D eigenvalue weighted by Gasteiger charge is -2.22. The van der Waals surface area contributed by atoms with Crippen LogP contribution >= 0.6 is 0 Å². The first kappa shape index (κ1) is 14.9. The number of carbonyl (C=O) groups is 1. The van der Waals surface area contributed by atoms with E-state index in [1.165, 1.54) is 12.1 Å². The Morgan fingerprint density at radius 3 is 2.63 bits per heavy atom. The Morgan fingerprint density at radius 1 is 1.47 bits per heavy atom. The van der Waals surface area contributed by atoms with Crippen LogP contribution in [0.2, 0.25) is 0 Å². The summed E-state index contributed by atoms with van der Waals surface area (Å²) in [5.74, 6) is 1.63. The van der Waals surface area contributed by atoms with E-state index >= 15 is 0 Å². The first-order chi connectivity index (χ1) is 8.75. The molecule has 0 heterocycles. The van der Waals surface area contributed by atoms with Gasteiger partial charge in [0, 0.05) is 0 Å². The first-order valence-corrected chi connectivity index (χ1v) is 5.81. The molecule has 5 heteroatoms. The lowest BCUT2D eigenvalue weighted by molar-refractivity contribution is -0.123. The lowest BCUT2D eigenvalue weighted by atomic mass is 10.0. The highest BCUT2D eigenvalue weighted by Gasteiger charge is 2.22. The first-order valence-electron chi connectivity index (χ1n) is 5.81. The summed E-state index contributed by atoms with van der Waals surface area (Å²) in [6.45, 7) is 3.40. The minimum absolute atomic E-state index is 0.213. The molecule has 0 fully saturated rings. The van der Waals surface area contributed by atoms with Crippen LogP contribution in [0.1, 0.15) is 19.4 Å². The van der Waals surface area contributed by atoms with Gasteiger partial charge in [-0.2, -0.15) is 0 Å². The Bertz CT molecular complexity index is 518. The molecule has 5 nitrogen and oxygen atoms in total. The van der Waals surface area contributed by atoms with Crippen LogP contribution in [-0.4, -0.2) is 27.7 Å². The zero-order chi connectivity index (χ0) is 14.6. The number of amides is 1. The van der Waals surface area contributed by atoms with E-state index in [-0.39, 0.29) is 23.8 Å². The number of hydrogen-bond acceptors (Lipinski definition) is 4. The fourth-order valence-corrected chi connectivity index (χ4v) is 1.48. The van der Waals surface area contributed by atoms with E-state index in [0.29, 0.717) is 5.56 Å². The monoisotopic (exact) mass is 262 g/mol. The van der Waals surface area contributed by atoms with Crippen LogP contribution in [0, 0.1) is 12.3 Å². The minimum Gasteiger partial charge on any atom is -0.504 e. The van der Waals surface area contributed by atoms with E-state index in [0.717, 1.165) is 0 Å². The molecule has 1 rings (SSSR count). The molecule has 0 saturated carbocycles. The molecular weight excluding hydrogens is 244 g/mol. The van der Waals surface area contributed by atoms with Gasteiger partial charge in [0.15, 0.2) is 11.5 Å². The standard InChI is InChI=1S/C14H18N2O3/c1-4-14(2,3)16-13(19)10(15)7-9-5-6-11(17)12(18)8-9/h1,5-6,8,10,17-18H,7,15H2,2-3H3,(H,16,19)/t10-/m0/s1. The fraction of sp³-hybridized carbons (Fsp3) is 0.357.